The molecule has 18 heavy (non-hydrogen) atoms. The van der Waals surface area contributed by atoms with Crippen molar-refractivity contribution in [2.24, 2.45) is 11.8 Å². The van der Waals surface area contributed by atoms with Crippen molar-refractivity contribution in [3.05, 3.63) is 34.9 Å². The number of hydrogen-bond donors (Lipinski definition) is 1. The first-order valence-electron chi connectivity index (χ1n) is 7.41. The van der Waals surface area contributed by atoms with Gasteiger partial charge < -0.3 is 5.32 Å². The fourth-order valence-electron chi connectivity index (χ4n) is 3.12. The zero-order valence-corrected chi connectivity index (χ0v) is 12.1. The van der Waals surface area contributed by atoms with E-state index in [2.05, 4.69) is 44.3 Å². The first kappa shape index (κ1) is 13.6. The molecule has 0 radical (unpaired) electrons. The largest absolute Gasteiger partial charge is 0.312 e. The Bertz CT molecular complexity index is 355. The van der Waals surface area contributed by atoms with E-state index in [1.807, 2.05) is 0 Å². The van der Waals surface area contributed by atoms with Crippen LogP contribution in [0.1, 0.15) is 49.3 Å². The maximum absolute atomic E-state index is 3.64. The molecule has 1 aliphatic carbocycles. The number of rotatable bonds is 4. The van der Waals surface area contributed by atoms with Gasteiger partial charge in [0.05, 0.1) is 0 Å². The summed E-state index contributed by atoms with van der Waals surface area (Å²) in [6, 6.07) is 6.83. The zero-order valence-electron chi connectivity index (χ0n) is 12.1. The smallest absolute Gasteiger partial charge is 0.0205 e. The number of benzene rings is 1. The highest BCUT2D eigenvalue weighted by molar-refractivity contribution is 5.28. The van der Waals surface area contributed by atoms with Gasteiger partial charge in [-0.2, -0.15) is 0 Å². The SMILES string of the molecule is Cc1cc(C)cc(CNCC2CCC(C)CC2)c1. The monoisotopic (exact) mass is 245 g/mol. The summed E-state index contributed by atoms with van der Waals surface area (Å²) in [5, 5.41) is 3.64. The second kappa shape index (κ2) is 6.38. The van der Waals surface area contributed by atoms with E-state index in [9.17, 15) is 0 Å². The number of aryl methyl sites for hydroxylation is 2. The maximum Gasteiger partial charge on any atom is 0.0205 e. The minimum atomic E-state index is 0.909. The summed E-state index contributed by atoms with van der Waals surface area (Å²) >= 11 is 0. The van der Waals surface area contributed by atoms with Crippen LogP contribution in [0.5, 0.6) is 0 Å². The predicted octanol–water partition coefficient (Wildman–Crippen LogP) is 4.22. The minimum absolute atomic E-state index is 0.909. The summed E-state index contributed by atoms with van der Waals surface area (Å²) in [7, 11) is 0. The quantitative estimate of drug-likeness (QED) is 0.837. The third-order valence-corrected chi connectivity index (χ3v) is 4.18. The normalized spacial score (nSPS) is 24.2. The lowest BCUT2D eigenvalue weighted by atomic mass is 9.83. The van der Waals surface area contributed by atoms with Gasteiger partial charge in [-0.15, -0.1) is 0 Å². The predicted molar refractivity (Wildman–Crippen MR) is 78.7 cm³/mol. The van der Waals surface area contributed by atoms with Gasteiger partial charge >= 0.3 is 0 Å². The van der Waals surface area contributed by atoms with E-state index in [0.717, 1.165) is 18.4 Å². The van der Waals surface area contributed by atoms with E-state index < -0.39 is 0 Å². The molecule has 1 nitrogen and oxygen atoms in total. The van der Waals surface area contributed by atoms with Crippen molar-refractivity contribution in [2.75, 3.05) is 6.54 Å². The van der Waals surface area contributed by atoms with Crippen molar-refractivity contribution >= 4 is 0 Å². The summed E-state index contributed by atoms with van der Waals surface area (Å²) in [5.41, 5.74) is 4.17. The molecule has 1 N–H and O–H groups in total. The molecule has 1 fully saturated rings. The first-order valence-corrected chi connectivity index (χ1v) is 7.41. The molecule has 0 amide bonds. The van der Waals surface area contributed by atoms with Crippen molar-refractivity contribution in [3.63, 3.8) is 0 Å². The molecule has 1 aromatic carbocycles. The lowest BCUT2D eigenvalue weighted by molar-refractivity contribution is 0.281. The molecule has 1 saturated carbocycles. The van der Waals surface area contributed by atoms with Gasteiger partial charge in [0.2, 0.25) is 0 Å². The lowest BCUT2D eigenvalue weighted by Gasteiger charge is -2.26. The van der Waals surface area contributed by atoms with Gasteiger partial charge in [-0.25, -0.2) is 0 Å². The van der Waals surface area contributed by atoms with Crippen LogP contribution in [-0.2, 0) is 6.54 Å². The molecule has 100 valence electrons. The Hall–Kier alpha value is -0.820. The molecule has 1 aromatic rings. The van der Waals surface area contributed by atoms with Crippen LogP contribution in [0.3, 0.4) is 0 Å². The molecule has 0 saturated heterocycles. The summed E-state index contributed by atoms with van der Waals surface area (Å²) < 4.78 is 0. The van der Waals surface area contributed by atoms with Crippen molar-refractivity contribution < 1.29 is 0 Å². The van der Waals surface area contributed by atoms with Crippen LogP contribution >= 0.6 is 0 Å². The average molecular weight is 245 g/mol. The number of hydrogen-bond acceptors (Lipinski definition) is 1. The molecule has 0 aromatic heterocycles. The van der Waals surface area contributed by atoms with E-state index in [1.54, 1.807) is 0 Å². The Morgan fingerprint density at radius 2 is 1.61 bits per heavy atom. The fraction of sp³-hybridized carbons (Fsp3) is 0.647. The summed E-state index contributed by atoms with van der Waals surface area (Å²) in [5.74, 6) is 1.87. The van der Waals surface area contributed by atoms with Crippen LogP contribution in [0.2, 0.25) is 0 Å². The average Bonchev–Trinajstić information content (AvgIpc) is 2.30. The first-order chi connectivity index (χ1) is 8.63. The number of nitrogens with one attached hydrogen (secondary N) is 1. The van der Waals surface area contributed by atoms with Crippen molar-refractivity contribution in [3.8, 4) is 0 Å². The van der Waals surface area contributed by atoms with Crippen molar-refractivity contribution in [2.45, 2.75) is 53.0 Å². The zero-order chi connectivity index (χ0) is 13.0. The molecular formula is C17H27N. The highest BCUT2D eigenvalue weighted by atomic mass is 14.9. The van der Waals surface area contributed by atoms with Gasteiger partial charge in [-0.05, 0) is 50.6 Å². The Balaban J connectivity index is 1.74. The molecule has 1 aliphatic rings. The van der Waals surface area contributed by atoms with Gasteiger partial charge in [0.25, 0.3) is 0 Å². The van der Waals surface area contributed by atoms with Crippen molar-refractivity contribution in [1.82, 2.24) is 5.32 Å². The Morgan fingerprint density at radius 1 is 1.00 bits per heavy atom. The van der Waals surface area contributed by atoms with E-state index in [1.165, 1.54) is 48.9 Å². The van der Waals surface area contributed by atoms with Gasteiger partial charge in [0.15, 0.2) is 0 Å². The van der Waals surface area contributed by atoms with Gasteiger partial charge in [-0.1, -0.05) is 49.1 Å². The Kier molecular flexibility index (Phi) is 4.82. The molecule has 1 heteroatoms. The van der Waals surface area contributed by atoms with Gasteiger partial charge in [0, 0.05) is 6.54 Å². The van der Waals surface area contributed by atoms with Crippen LogP contribution in [-0.4, -0.2) is 6.54 Å². The van der Waals surface area contributed by atoms with Crippen molar-refractivity contribution in [1.29, 1.82) is 0 Å². The van der Waals surface area contributed by atoms with Crippen LogP contribution in [0.4, 0.5) is 0 Å². The molecule has 0 unspecified atom stereocenters. The summed E-state index contributed by atoms with van der Waals surface area (Å²) in [4.78, 5) is 0. The molecular weight excluding hydrogens is 218 g/mol. The standard InChI is InChI=1S/C17H27N/c1-13-4-6-16(7-5-13)11-18-12-17-9-14(2)8-15(3)10-17/h8-10,13,16,18H,4-7,11-12H2,1-3H3. The second-order valence-electron chi connectivity index (χ2n) is 6.25. The lowest BCUT2D eigenvalue weighted by Crippen LogP contribution is -2.25. The molecule has 2 rings (SSSR count). The van der Waals surface area contributed by atoms with E-state index in [-0.39, 0.29) is 0 Å². The molecule has 0 spiro atoms. The topological polar surface area (TPSA) is 12.0 Å². The third kappa shape index (κ3) is 4.13. The molecule has 0 atom stereocenters. The summed E-state index contributed by atoms with van der Waals surface area (Å²) in [6.45, 7) is 8.96. The van der Waals surface area contributed by atoms with Crippen LogP contribution in [0.15, 0.2) is 18.2 Å². The third-order valence-electron chi connectivity index (χ3n) is 4.18. The Morgan fingerprint density at radius 3 is 2.22 bits per heavy atom. The van der Waals surface area contributed by atoms with Gasteiger partial charge in [-0.3, -0.25) is 0 Å². The van der Waals surface area contributed by atoms with E-state index in [0.29, 0.717) is 0 Å². The van der Waals surface area contributed by atoms with E-state index in [4.69, 9.17) is 0 Å². The van der Waals surface area contributed by atoms with Crippen LogP contribution < -0.4 is 5.32 Å². The second-order valence-corrected chi connectivity index (χ2v) is 6.25. The molecule has 0 bridgehead atoms. The summed E-state index contributed by atoms with van der Waals surface area (Å²) in [6.07, 6.45) is 5.69. The van der Waals surface area contributed by atoms with E-state index >= 15 is 0 Å². The van der Waals surface area contributed by atoms with Gasteiger partial charge in [0.1, 0.15) is 0 Å². The highest BCUT2D eigenvalue weighted by Crippen LogP contribution is 2.27. The molecule has 0 heterocycles. The highest BCUT2D eigenvalue weighted by Gasteiger charge is 2.17. The maximum atomic E-state index is 3.64. The fourth-order valence-corrected chi connectivity index (χ4v) is 3.12. The minimum Gasteiger partial charge on any atom is -0.312 e. The van der Waals surface area contributed by atoms with Crippen LogP contribution in [0.25, 0.3) is 0 Å². The molecule has 0 aliphatic heterocycles. The Labute approximate surface area is 112 Å². The van der Waals surface area contributed by atoms with Crippen LogP contribution in [0, 0.1) is 25.7 Å².